The third kappa shape index (κ3) is 1.82. The molecule has 1 aromatic rings. The van der Waals surface area contributed by atoms with E-state index in [0.29, 0.717) is 12.5 Å². The molecule has 1 atom stereocenters. The second-order valence-corrected chi connectivity index (χ2v) is 4.84. The number of fused-ring (bicyclic) bond motifs is 1. The molecule has 78 valence electrons. The van der Waals surface area contributed by atoms with Crippen LogP contribution in [-0.4, -0.2) is 18.6 Å². The first kappa shape index (κ1) is 10.1. The van der Waals surface area contributed by atoms with Crippen molar-refractivity contribution in [3.63, 3.8) is 0 Å². The molecule has 0 saturated carbocycles. The predicted octanol–water partition coefficient (Wildman–Crippen LogP) is 1.67. The Hall–Kier alpha value is -0.450. The fourth-order valence-corrected chi connectivity index (χ4v) is 3.14. The number of rotatable bonds is 3. The first-order valence-electron chi connectivity index (χ1n) is 5.02. The van der Waals surface area contributed by atoms with E-state index in [2.05, 4.69) is 4.98 Å². The van der Waals surface area contributed by atoms with Crippen LogP contribution in [0.25, 0.3) is 0 Å². The van der Waals surface area contributed by atoms with Crippen LogP contribution in [-0.2, 0) is 17.8 Å². The van der Waals surface area contributed by atoms with E-state index in [9.17, 15) is 0 Å². The van der Waals surface area contributed by atoms with Gasteiger partial charge in [-0.3, -0.25) is 0 Å². The number of nitrogens with two attached hydrogens (primary N) is 1. The molecule has 2 N–H and O–H groups in total. The Morgan fingerprint density at radius 1 is 1.64 bits per heavy atom. The largest absolute Gasteiger partial charge is 0.378 e. The minimum atomic E-state index is 0.487. The Morgan fingerprint density at radius 3 is 3.21 bits per heavy atom. The van der Waals surface area contributed by atoms with Crippen LogP contribution >= 0.6 is 11.3 Å². The van der Waals surface area contributed by atoms with Gasteiger partial charge >= 0.3 is 0 Å². The lowest BCUT2D eigenvalue weighted by Crippen LogP contribution is -2.17. The van der Waals surface area contributed by atoms with Gasteiger partial charge in [0.15, 0.2) is 0 Å². The number of ether oxygens (including phenoxy) is 1. The Balaban J connectivity index is 2.24. The van der Waals surface area contributed by atoms with Gasteiger partial charge in [0.25, 0.3) is 0 Å². The molecule has 14 heavy (non-hydrogen) atoms. The molecular weight excluding hydrogens is 196 g/mol. The Labute approximate surface area is 88.3 Å². The first-order chi connectivity index (χ1) is 6.85. The predicted molar refractivity (Wildman–Crippen MR) is 57.6 cm³/mol. The van der Waals surface area contributed by atoms with Crippen LogP contribution in [0.4, 0.5) is 0 Å². The van der Waals surface area contributed by atoms with Crippen LogP contribution in [0.2, 0.25) is 0 Å². The maximum absolute atomic E-state index is 5.73. The Bertz CT molecular complexity index is 311. The second kappa shape index (κ2) is 4.38. The third-order valence-corrected chi connectivity index (χ3v) is 3.77. The van der Waals surface area contributed by atoms with Gasteiger partial charge in [0.2, 0.25) is 0 Å². The van der Waals surface area contributed by atoms with Crippen molar-refractivity contribution in [3.8, 4) is 0 Å². The number of thiazole rings is 1. The smallest absolute Gasteiger partial charge is 0.119 e. The zero-order valence-electron chi connectivity index (χ0n) is 8.45. The molecule has 0 radical (unpaired) electrons. The van der Waals surface area contributed by atoms with Crippen LogP contribution in [0.15, 0.2) is 0 Å². The minimum absolute atomic E-state index is 0.487. The summed E-state index contributed by atoms with van der Waals surface area (Å²) in [5.74, 6) is 0.487. The second-order valence-electron chi connectivity index (χ2n) is 3.67. The molecule has 0 saturated heterocycles. The third-order valence-electron chi connectivity index (χ3n) is 2.67. The summed E-state index contributed by atoms with van der Waals surface area (Å²) in [4.78, 5) is 6.04. The minimum Gasteiger partial charge on any atom is -0.378 e. The molecule has 1 aliphatic carbocycles. The average molecular weight is 212 g/mol. The van der Waals surface area contributed by atoms with Crippen LogP contribution in [0, 0.1) is 0 Å². The van der Waals surface area contributed by atoms with Gasteiger partial charge in [0, 0.05) is 24.4 Å². The summed E-state index contributed by atoms with van der Waals surface area (Å²) in [5, 5.41) is 1.10. The molecular formula is C10H16N2OS. The molecule has 1 unspecified atom stereocenters. The first-order valence-corrected chi connectivity index (χ1v) is 5.84. The number of aryl methyl sites for hydroxylation is 1. The van der Waals surface area contributed by atoms with Crippen molar-refractivity contribution in [1.29, 1.82) is 0 Å². The summed E-state index contributed by atoms with van der Waals surface area (Å²) >= 11 is 1.79. The topological polar surface area (TPSA) is 48.1 Å². The standard InChI is InChI=1S/C10H16N2OS/c1-13-6-9-12-10-7(5-11)3-2-4-8(10)14-9/h7H,2-6,11H2,1H3. The summed E-state index contributed by atoms with van der Waals surface area (Å²) in [6.45, 7) is 1.36. The van der Waals surface area contributed by atoms with Crippen LogP contribution < -0.4 is 5.73 Å². The summed E-state index contributed by atoms with van der Waals surface area (Å²) < 4.78 is 5.09. The van der Waals surface area contributed by atoms with E-state index >= 15 is 0 Å². The van der Waals surface area contributed by atoms with Crippen LogP contribution in [0.3, 0.4) is 0 Å². The van der Waals surface area contributed by atoms with Gasteiger partial charge in [0.05, 0.1) is 12.3 Å². The van der Waals surface area contributed by atoms with Gasteiger partial charge in [-0.25, -0.2) is 4.98 Å². The maximum Gasteiger partial charge on any atom is 0.119 e. The van der Waals surface area contributed by atoms with Gasteiger partial charge in [-0.05, 0) is 19.3 Å². The molecule has 0 fully saturated rings. The zero-order valence-corrected chi connectivity index (χ0v) is 9.27. The van der Waals surface area contributed by atoms with Gasteiger partial charge in [-0.2, -0.15) is 0 Å². The highest BCUT2D eigenvalue weighted by Crippen LogP contribution is 2.34. The monoisotopic (exact) mass is 212 g/mol. The van der Waals surface area contributed by atoms with E-state index in [-0.39, 0.29) is 0 Å². The molecule has 2 rings (SSSR count). The molecule has 0 amide bonds. The number of hydrogen-bond donors (Lipinski definition) is 1. The number of nitrogens with zero attached hydrogens (tertiary/aromatic N) is 1. The molecule has 1 aliphatic rings. The summed E-state index contributed by atoms with van der Waals surface area (Å²) in [5.41, 5.74) is 6.98. The van der Waals surface area contributed by atoms with Crippen molar-refractivity contribution in [2.24, 2.45) is 5.73 Å². The lowest BCUT2D eigenvalue weighted by Gasteiger charge is -2.18. The average Bonchev–Trinajstić information content (AvgIpc) is 2.60. The molecule has 0 spiro atoms. The van der Waals surface area contributed by atoms with Crippen molar-refractivity contribution in [2.75, 3.05) is 13.7 Å². The SMILES string of the molecule is COCc1nc2c(s1)CCCC2CN. The fourth-order valence-electron chi connectivity index (χ4n) is 1.97. The number of hydrogen-bond acceptors (Lipinski definition) is 4. The normalized spacial score (nSPS) is 20.9. The molecule has 4 heteroatoms. The van der Waals surface area contributed by atoms with Crippen LogP contribution in [0.1, 0.15) is 34.3 Å². The summed E-state index contributed by atoms with van der Waals surface area (Å²) in [6.07, 6.45) is 3.62. The van der Waals surface area contributed by atoms with Crippen LogP contribution in [0.5, 0.6) is 0 Å². The Kier molecular flexibility index (Phi) is 3.15. The maximum atomic E-state index is 5.73. The van der Waals surface area contributed by atoms with Gasteiger partial charge in [-0.1, -0.05) is 0 Å². The number of methoxy groups -OCH3 is 1. The highest BCUT2D eigenvalue weighted by molar-refractivity contribution is 7.11. The van der Waals surface area contributed by atoms with Crippen molar-refractivity contribution < 1.29 is 4.74 Å². The van der Waals surface area contributed by atoms with E-state index in [0.717, 1.165) is 11.6 Å². The van der Waals surface area contributed by atoms with Crippen molar-refractivity contribution in [2.45, 2.75) is 31.8 Å². The molecule has 1 aromatic heterocycles. The zero-order chi connectivity index (χ0) is 9.97. The Morgan fingerprint density at radius 2 is 2.50 bits per heavy atom. The quantitative estimate of drug-likeness (QED) is 0.829. The molecule has 0 bridgehead atoms. The van der Waals surface area contributed by atoms with Crippen molar-refractivity contribution in [1.82, 2.24) is 4.98 Å². The highest BCUT2D eigenvalue weighted by Gasteiger charge is 2.23. The van der Waals surface area contributed by atoms with E-state index < -0.39 is 0 Å². The molecule has 0 aliphatic heterocycles. The van der Waals surface area contributed by atoms with E-state index in [1.807, 2.05) is 0 Å². The van der Waals surface area contributed by atoms with Crippen molar-refractivity contribution in [3.05, 3.63) is 15.6 Å². The lowest BCUT2D eigenvalue weighted by molar-refractivity contribution is 0.184. The van der Waals surface area contributed by atoms with Gasteiger partial charge in [0.1, 0.15) is 5.01 Å². The highest BCUT2D eigenvalue weighted by atomic mass is 32.1. The van der Waals surface area contributed by atoms with Gasteiger partial charge in [-0.15, -0.1) is 11.3 Å². The lowest BCUT2D eigenvalue weighted by atomic mass is 9.91. The van der Waals surface area contributed by atoms with E-state index in [1.165, 1.54) is 29.8 Å². The number of aromatic nitrogens is 1. The molecule has 3 nitrogen and oxygen atoms in total. The fraction of sp³-hybridized carbons (Fsp3) is 0.700. The van der Waals surface area contributed by atoms with E-state index in [4.69, 9.17) is 10.5 Å². The molecule has 0 aromatic carbocycles. The van der Waals surface area contributed by atoms with Gasteiger partial charge < -0.3 is 10.5 Å². The molecule has 1 heterocycles. The van der Waals surface area contributed by atoms with E-state index in [1.54, 1.807) is 18.4 Å². The summed E-state index contributed by atoms with van der Waals surface area (Å²) in [6, 6.07) is 0. The summed E-state index contributed by atoms with van der Waals surface area (Å²) in [7, 11) is 1.71. The van der Waals surface area contributed by atoms with Crippen molar-refractivity contribution >= 4 is 11.3 Å².